The number of aliphatic imine (C=N–C) groups is 1. The molecule has 0 saturated carbocycles. The predicted octanol–water partition coefficient (Wildman–Crippen LogP) is 0.391. The average Bonchev–Trinajstić information content (AvgIpc) is 2.24. The molecule has 5 nitrogen and oxygen atoms in total. The van der Waals surface area contributed by atoms with Gasteiger partial charge in [-0.25, -0.2) is 0 Å². The number of nitrogens with one attached hydrogen (secondary N) is 1. The van der Waals surface area contributed by atoms with Gasteiger partial charge in [0.05, 0.1) is 6.61 Å². The zero-order valence-electron chi connectivity index (χ0n) is 11.2. The van der Waals surface area contributed by atoms with Crippen LogP contribution in [0.25, 0.3) is 0 Å². The van der Waals surface area contributed by atoms with Crippen molar-refractivity contribution in [3.63, 3.8) is 0 Å². The van der Waals surface area contributed by atoms with E-state index in [-0.39, 0.29) is 6.04 Å². The summed E-state index contributed by atoms with van der Waals surface area (Å²) in [5, 5.41) is 3.26. The lowest BCUT2D eigenvalue weighted by atomic mass is 10.2. The maximum absolute atomic E-state index is 5.94. The summed E-state index contributed by atoms with van der Waals surface area (Å²) < 4.78 is 5.06. The molecule has 0 aromatic heterocycles. The molecule has 0 aliphatic carbocycles. The van der Waals surface area contributed by atoms with Gasteiger partial charge in [-0.15, -0.1) is 0 Å². The predicted molar refractivity (Wildman–Crippen MR) is 68.4 cm³/mol. The third kappa shape index (κ3) is 4.53. The molecule has 0 spiro atoms. The SMILES string of the molecule is C/N=C(NC(C)COC)\C(C)=C(/N)N(C)C. The number of nitrogens with two attached hydrogens (primary N) is 1. The highest BCUT2D eigenvalue weighted by Crippen LogP contribution is 2.02. The zero-order valence-corrected chi connectivity index (χ0v) is 11.2. The summed E-state index contributed by atoms with van der Waals surface area (Å²) in [5.41, 5.74) is 6.88. The van der Waals surface area contributed by atoms with Crippen molar-refractivity contribution in [1.82, 2.24) is 10.2 Å². The number of nitrogens with zero attached hydrogens (tertiary/aromatic N) is 2. The largest absolute Gasteiger partial charge is 0.385 e. The molecule has 16 heavy (non-hydrogen) atoms. The van der Waals surface area contributed by atoms with E-state index in [0.717, 1.165) is 11.4 Å². The van der Waals surface area contributed by atoms with Crippen molar-refractivity contribution in [2.75, 3.05) is 34.9 Å². The van der Waals surface area contributed by atoms with Crippen molar-refractivity contribution >= 4 is 5.84 Å². The third-order valence-electron chi connectivity index (χ3n) is 2.24. The van der Waals surface area contributed by atoms with Crippen LogP contribution in [0.5, 0.6) is 0 Å². The van der Waals surface area contributed by atoms with Crippen LogP contribution in [-0.2, 0) is 4.74 Å². The van der Waals surface area contributed by atoms with Crippen LogP contribution in [0.15, 0.2) is 16.4 Å². The highest BCUT2D eigenvalue weighted by atomic mass is 16.5. The van der Waals surface area contributed by atoms with Gasteiger partial charge in [-0.2, -0.15) is 0 Å². The highest BCUT2D eigenvalue weighted by Gasteiger charge is 2.10. The smallest absolute Gasteiger partial charge is 0.127 e. The van der Waals surface area contributed by atoms with Crippen molar-refractivity contribution < 1.29 is 4.74 Å². The van der Waals surface area contributed by atoms with Crippen molar-refractivity contribution in [2.45, 2.75) is 19.9 Å². The summed E-state index contributed by atoms with van der Waals surface area (Å²) >= 11 is 0. The molecule has 0 amide bonds. The van der Waals surface area contributed by atoms with E-state index in [4.69, 9.17) is 10.5 Å². The fraction of sp³-hybridized carbons (Fsp3) is 0.727. The lowest BCUT2D eigenvalue weighted by Gasteiger charge is -2.20. The molecule has 0 aromatic carbocycles. The molecule has 1 atom stereocenters. The van der Waals surface area contributed by atoms with E-state index < -0.39 is 0 Å². The molecule has 1 unspecified atom stereocenters. The van der Waals surface area contributed by atoms with Crippen molar-refractivity contribution in [1.29, 1.82) is 0 Å². The lowest BCUT2D eigenvalue weighted by Crippen LogP contribution is -2.38. The van der Waals surface area contributed by atoms with E-state index in [1.807, 2.05) is 32.8 Å². The Morgan fingerprint density at radius 3 is 2.44 bits per heavy atom. The Morgan fingerprint density at radius 2 is 2.06 bits per heavy atom. The molecule has 0 fully saturated rings. The van der Waals surface area contributed by atoms with Crippen molar-refractivity contribution in [3.05, 3.63) is 11.4 Å². The fourth-order valence-electron chi connectivity index (χ4n) is 1.32. The molecule has 0 aromatic rings. The summed E-state index contributed by atoms with van der Waals surface area (Å²) in [4.78, 5) is 6.06. The van der Waals surface area contributed by atoms with E-state index in [1.54, 1.807) is 14.2 Å². The minimum atomic E-state index is 0.202. The first kappa shape index (κ1) is 14.8. The van der Waals surface area contributed by atoms with Gasteiger partial charge in [-0.3, -0.25) is 4.99 Å². The van der Waals surface area contributed by atoms with Gasteiger partial charge in [0.25, 0.3) is 0 Å². The molecule has 0 bridgehead atoms. The van der Waals surface area contributed by atoms with Gasteiger partial charge in [-0.1, -0.05) is 0 Å². The van der Waals surface area contributed by atoms with Gasteiger partial charge < -0.3 is 20.7 Å². The summed E-state index contributed by atoms with van der Waals surface area (Å²) in [7, 11) is 7.24. The number of rotatable bonds is 5. The van der Waals surface area contributed by atoms with E-state index in [9.17, 15) is 0 Å². The molecule has 0 aliphatic rings. The second-order valence-electron chi connectivity index (χ2n) is 3.98. The standard InChI is InChI=1S/C11H24N4O/c1-8(7-16-6)14-11(13-3)9(2)10(12)15(4)5/h8H,7,12H2,1-6H3,(H,13,14)/b10-9+. The highest BCUT2D eigenvalue weighted by molar-refractivity contribution is 5.98. The van der Waals surface area contributed by atoms with E-state index in [2.05, 4.69) is 10.3 Å². The summed E-state index contributed by atoms with van der Waals surface area (Å²) in [5.74, 6) is 1.51. The minimum Gasteiger partial charge on any atom is -0.385 e. The summed E-state index contributed by atoms with van der Waals surface area (Å²) in [6.45, 7) is 4.62. The van der Waals surface area contributed by atoms with E-state index >= 15 is 0 Å². The first-order valence-corrected chi connectivity index (χ1v) is 5.30. The van der Waals surface area contributed by atoms with Gasteiger partial charge in [0.1, 0.15) is 11.7 Å². The summed E-state index contributed by atoms with van der Waals surface area (Å²) in [6.07, 6.45) is 0. The molecule has 0 heterocycles. The first-order chi connectivity index (χ1) is 7.43. The molecule has 0 saturated heterocycles. The normalized spacial score (nSPS) is 15.5. The lowest BCUT2D eigenvalue weighted by molar-refractivity contribution is 0.179. The molecule has 0 radical (unpaired) electrons. The topological polar surface area (TPSA) is 62.9 Å². The Morgan fingerprint density at radius 1 is 1.50 bits per heavy atom. The maximum atomic E-state index is 5.94. The molecule has 0 aliphatic heterocycles. The Bertz CT molecular complexity index is 271. The van der Waals surface area contributed by atoms with Gasteiger partial charge in [0, 0.05) is 39.9 Å². The molecule has 0 rings (SSSR count). The Balaban J connectivity index is 4.70. The molecule has 94 valence electrons. The Labute approximate surface area is 98.4 Å². The van der Waals surface area contributed by atoms with Gasteiger partial charge in [0.2, 0.25) is 0 Å². The van der Waals surface area contributed by atoms with Gasteiger partial charge >= 0.3 is 0 Å². The van der Waals surface area contributed by atoms with Gasteiger partial charge in [-0.05, 0) is 13.8 Å². The summed E-state index contributed by atoms with van der Waals surface area (Å²) in [6, 6.07) is 0.202. The molecule has 3 N–H and O–H groups in total. The molecular formula is C11H24N4O. The number of hydrogen-bond donors (Lipinski definition) is 2. The van der Waals surface area contributed by atoms with Crippen LogP contribution < -0.4 is 11.1 Å². The van der Waals surface area contributed by atoms with E-state index in [1.165, 1.54) is 0 Å². The van der Waals surface area contributed by atoms with Gasteiger partial charge in [0.15, 0.2) is 0 Å². The van der Waals surface area contributed by atoms with Crippen molar-refractivity contribution in [2.24, 2.45) is 10.7 Å². The minimum absolute atomic E-state index is 0.202. The van der Waals surface area contributed by atoms with Crippen LogP contribution in [0.3, 0.4) is 0 Å². The number of hydrogen-bond acceptors (Lipinski definition) is 4. The monoisotopic (exact) mass is 228 g/mol. The van der Waals surface area contributed by atoms with Crippen LogP contribution in [0, 0.1) is 0 Å². The maximum Gasteiger partial charge on any atom is 0.127 e. The molecule has 5 heteroatoms. The Kier molecular flexibility index (Phi) is 6.56. The molecular weight excluding hydrogens is 204 g/mol. The zero-order chi connectivity index (χ0) is 12.7. The van der Waals surface area contributed by atoms with Crippen LogP contribution in [-0.4, -0.2) is 51.6 Å². The van der Waals surface area contributed by atoms with Crippen LogP contribution >= 0.6 is 0 Å². The second-order valence-corrected chi connectivity index (χ2v) is 3.98. The first-order valence-electron chi connectivity index (χ1n) is 5.30. The fourth-order valence-corrected chi connectivity index (χ4v) is 1.32. The van der Waals surface area contributed by atoms with Crippen molar-refractivity contribution in [3.8, 4) is 0 Å². The average molecular weight is 228 g/mol. The Hall–Kier alpha value is -1.23. The quantitative estimate of drug-likeness (QED) is 0.528. The second kappa shape index (κ2) is 7.11. The third-order valence-corrected chi connectivity index (χ3v) is 2.24. The number of amidine groups is 1. The van der Waals surface area contributed by atoms with Crippen LogP contribution in [0.1, 0.15) is 13.8 Å². The van der Waals surface area contributed by atoms with Crippen LogP contribution in [0.4, 0.5) is 0 Å². The van der Waals surface area contributed by atoms with E-state index in [0.29, 0.717) is 12.4 Å². The number of ether oxygens (including phenoxy) is 1. The number of methoxy groups -OCH3 is 1. The van der Waals surface area contributed by atoms with Crippen LogP contribution in [0.2, 0.25) is 0 Å².